The highest BCUT2D eigenvalue weighted by molar-refractivity contribution is 5.77. The summed E-state index contributed by atoms with van der Waals surface area (Å²) in [6.45, 7) is 4.03. The molecule has 326 valence electrons. The predicted octanol–water partition coefficient (Wildman–Crippen LogP) is -2.55. The van der Waals surface area contributed by atoms with Gasteiger partial charge in [0.15, 0.2) is 12.6 Å². The zero-order valence-electron chi connectivity index (χ0n) is 32.7. The summed E-state index contributed by atoms with van der Waals surface area (Å²) in [6, 6.07) is 0. The molecule has 3 saturated heterocycles. The molecule has 57 heavy (non-hydrogen) atoms. The molecular weight excluding hydrogens is 756 g/mol. The lowest BCUT2D eigenvalue weighted by atomic mass is 9.41. The minimum Gasteiger partial charge on any atom is -0.432 e. The second-order valence-electron chi connectivity index (χ2n) is 18.2. The SMILES string of the molecule is C/C=C1/C[C@@]23CCC4[C@](C)(C(=O)OC5OC(CO)C(O)C(O)C5O)CCC[C@@]4(C)[C@@H]2CCC1(OC1OC(CO)C(O)C(OC2OC(CO)C(O)C(O)C2O)C1O)C3. The van der Waals surface area contributed by atoms with Crippen LogP contribution >= 0.6 is 0 Å². The minimum atomic E-state index is -1.80. The summed E-state index contributed by atoms with van der Waals surface area (Å²) >= 11 is 0. The van der Waals surface area contributed by atoms with Crippen LogP contribution in [0.5, 0.6) is 0 Å². The highest BCUT2D eigenvalue weighted by Crippen LogP contribution is 2.74. The van der Waals surface area contributed by atoms with E-state index in [2.05, 4.69) is 6.92 Å². The van der Waals surface area contributed by atoms with E-state index in [4.69, 9.17) is 28.4 Å². The monoisotopic (exact) mass is 818 g/mol. The Balaban J connectivity index is 1.09. The van der Waals surface area contributed by atoms with Crippen molar-refractivity contribution >= 4 is 5.97 Å². The molecule has 0 aromatic heterocycles. The maximum absolute atomic E-state index is 14.2. The molecule has 0 radical (unpaired) electrons. The van der Waals surface area contributed by atoms with Crippen LogP contribution < -0.4 is 0 Å². The Morgan fingerprint density at radius 2 is 1.25 bits per heavy atom. The number of aliphatic hydroxyl groups is 11. The average Bonchev–Trinajstić information content (AvgIpc) is 3.42. The second-order valence-corrected chi connectivity index (χ2v) is 18.2. The van der Waals surface area contributed by atoms with E-state index in [1.165, 1.54) is 0 Å². The standard InChI is InChI=1S/C39H62O18/c1-4-17-12-38-10-6-21-36(2,8-5-9-37(21,3)35(51)56-33-29(49)27(47)24(44)19(14-41)53-33)22(38)7-11-39(17,16-38)57-34-30(50)31(25(45)20(15-42)54-34)55-32-28(48)26(46)23(43)18(13-40)52-32/h4,18-34,40-50H,5-16H2,1-3H3/b17-4-/t18?,19?,20?,21?,22-,23?,24?,25?,26?,27?,28?,29?,30?,31?,32?,33?,34?,36+,37+,38+,39?/m0/s1. The number of esters is 1. The fraction of sp³-hybridized carbons (Fsp3) is 0.923. The van der Waals surface area contributed by atoms with Crippen molar-refractivity contribution in [3.8, 4) is 0 Å². The number of rotatable bonds is 9. The maximum Gasteiger partial charge on any atom is 0.314 e. The van der Waals surface area contributed by atoms with Crippen LogP contribution in [-0.2, 0) is 33.2 Å². The van der Waals surface area contributed by atoms with Gasteiger partial charge in [0.25, 0.3) is 0 Å². The molecule has 7 fully saturated rings. The van der Waals surface area contributed by atoms with Gasteiger partial charge >= 0.3 is 5.97 Å². The van der Waals surface area contributed by atoms with E-state index in [-0.39, 0.29) is 22.7 Å². The minimum absolute atomic E-state index is 0.106. The third-order valence-corrected chi connectivity index (χ3v) is 15.2. The number of aliphatic hydroxyl groups excluding tert-OH is 11. The number of hydrogen-bond acceptors (Lipinski definition) is 18. The van der Waals surface area contributed by atoms with Crippen LogP contribution in [0.3, 0.4) is 0 Å². The van der Waals surface area contributed by atoms with E-state index in [0.717, 1.165) is 24.8 Å². The topological polar surface area (TPSA) is 295 Å². The lowest BCUT2D eigenvalue weighted by Crippen LogP contribution is -2.65. The van der Waals surface area contributed by atoms with Gasteiger partial charge in [0, 0.05) is 0 Å². The van der Waals surface area contributed by atoms with Crippen LogP contribution in [0.4, 0.5) is 0 Å². The van der Waals surface area contributed by atoms with Crippen molar-refractivity contribution < 1.29 is 89.4 Å². The second kappa shape index (κ2) is 16.1. The highest BCUT2D eigenvalue weighted by Gasteiger charge is 2.69. The van der Waals surface area contributed by atoms with E-state index in [1.54, 1.807) is 0 Å². The summed E-state index contributed by atoms with van der Waals surface area (Å²) in [6.07, 6.45) is -15.4. The van der Waals surface area contributed by atoms with Crippen LogP contribution in [0.15, 0.2) is 11.6 Å². The number of carbonyl (C=O) groups excluding carboxylic acids is 1. The predicted molar refractivity (Wildman–Crippen MR) is 191 cm³/mol. The summed E-state index contributed by atoms with van der Waals surface area (Å²) in [5.74, 6) is -0.521. The number of hydrogen-bond donors (Lipinski definition) is 11. The van der Waals surface area contributed by atoms with Crippen molar-refractivity contribution in [2.45, 2.75) is 176 Å². The molecule has 0 aromatic carbocycles. The van der Waals surface area contributed by atoms with E-state index in [9.17, 15) is 61.0 Å². The fourth-order valence-corrected chi connectivity index (χ4v) is 12.3. The molecule has 7 rings (SSSR count). The molecule has 0 aromatic rings. The fourth-order valence-electron chi connectivity index (χ4n) is 12.3. The first-order valence-electron chi connectivity index (χ1n) is 20.4. The first kappa shape index (κ1) is 43.7. The summed E-state index contributed by atoms with van der Waals surface area (Å²) in [7, 11) is 0. The summed E-state index contributed by atoms with van der Waals surface area (Å²) in [4.78, 5) is 14.2. The zero-order chi connectivity index (χ0) is 41.4. The van der Waals surface area contributed by atoms with Gasteiger partial charge in [-0.25, -0.2) is 0 Å². The normalized spacial score (nSPS) is 54.6. The van der Waals surface area contributed by atoms with Gasteiger partial charge in [-0.15, -0.1) is 0 Å². The Bertz CT molecular complexity index is 1480. The summed E-state index contributed by atoms with van der Waals surface area (Å²) < 4.78 is 35.4. The van der Waals surface area contributed by atoms with Gasteiger partial charge in [0.05, 0.1) is 30.8 Å². The third-order valence-electron chi connectivity index (χ3n) is 15.2. The molecule has 21 atom stereocenters. The van der Waals surface area contributed by atoms with E-state index >= 15 is 0 Å². The van der Waals surface area contributed by atoms with Crippen molar-refractivity contribution in [1.82, 2.24) is 0 Å². The molecule has 0 amide bonds. The largest absolute Gasteiger partial charge is 0.432 e. The van der Waals surface area contributed by atoms with Crippen LogP contribution in [0.25, 0.3) is 0 Å². The first-order valence-corrected chi connectivity index (χ1v) is 20.4. The van der Waals surface area contributed by atoms with E-state index < -0.39 is 129 Å². The van der Waals surface area contributed by atoms with Gasteiger partial charge in [0.1, 0.15) is 73.2 Å². The number of carbonyl (C=O) groups is 1. The number of ether oxygens (including phenoxy) is 6. The number of allylic oxidation sites excluding steroid dienone is 1. The van der Waals surface area contributed by atoms with Gasteiger partial charge in [-0.2, -0.15) is 0 Å². The molecule has 11 N–H and O–H groups in total. The molecule has 3 aliphatic heterocycles. The van der Waals surface area contributed by atoms with Crippen molar-refractivity contribution in [1.29, 1.82) is 0 Å². The van der Waals surface area contributed by atoms with E-state index in [0.29, 0.717) is 38.5 Å². The Morgan fingerprint density at radius 3 is 1.86 bits per heavy atom. The number of fused-ring (bicyclic) bond motifs is 3. The quantitative estimate of drug-likeness (QED) is 0.0649. The molecule has 18 nitrogen and oxygen atoms in total. The van der Waals surface area contributed by atoms with Crippen molar-refractivity contribution in [2.75, 3.05) is 19.8 Å². The van der Waals surface area contributed by atoms with Crippen LogP contribution in [0.1, 0.15) is 78.6 Å². The Hall–Kier alpha value is -1.43. The van der Waals surface area contributed by atoms with Gasteiger partial charge in [-0.3, -0.25) is 4.79 Å². The Kier molecular flexibility index (Phi) is 12.3. The van der Waals surface area contributed by atoms with E-state index in [1.807, 2.05) is 19.9 Å². The average molecular weight is 819 g/mol. The summed E-state index contributed by atoms with van der Waals surface area (Å²) in [5.41, 5.74) is -1.40. The van der Waals surface area contributed by atoms with Crippen molar-refractivity contribution in [3.63, 3.8) is 0 Å². The van der Waals surface area contributed by atoms with Crippen molar-refractivity contribution in [2.24, 2.45) is 28.1 Å². The lowest BCUT2D eigenvalue weighted by Gasteiger charge is -2.64. The van der Waals surface area contributed by atoms with Gasteiger partial charge in [0.2, 0.25) is 6.29 Å². The van der Waals surface area contributed by atoms with Crippen LogP contribution in [0.2, 0.25) is 0 Å². The van der Waals surface area contributed by atoms with Crippen LogP contribution in [-0.4, -0.2) is 180 Å². The Labute approximate surface area is 330 Å². The molecule has 7 aliphatic rings. The van der Waals surface area contributed by atoms with Crippen molar-refractivity contribution in [3.05, 3.63) is 11.6 Å². The molecule has 4 saturated carbocycles. The molecule has 17 unspecified atom stereocenters. The first-order chi connectivity index (χ1) is 26.9. The summed E-state index contributed by atoms with van der Waals surface area (Å²) in [5, 5.41) is 115. The van der Waals surface area contributed by atoms with Crippen LogP contribution in [0, 0.1) is 28.1 Å². The third kappa shape index (κ3) is 7.02. The smallest absolute Gasteiger partial charge is 0.314 e. The molecule has 18 heteroatoms. The van der Waals surface area contributed by atoms with Gasteiger partial charge in [-0.1, -0.05) is 19.4 Å². The van der Waals surface area contributed by atoms with Gasteiger partial charge < -0.3 is 84.6 Å². The molecular formula is C39H62O18. The lowest BCUT2D eigenvalue weighted by molar-refractivity contribution is -0.369. The molecule has 3 heterocycles. The maximum atomic E-state index is 14.2. The molecule has 2 bridgehead atoms. The highest BCUT2D eigenvalue weighted by atomic mass is 16.7. The molecule has 4 aliphatic carbocycles. The zero-order valence-corrected chi connectivity index (χ0v) is 32.7. The van der Waals surface area contributed by atoms with Gasteiger partial charge in [-0.05, 0) is 93.5 Å². The Morgan fingerprint density at radius 1 is 0.684 bits per heavy atom. The molecule has 1 spiro atoms.